The van der Waals surface area contributed by atoms with E-state index in [1.54, 1.807) is 12.1 Å². The van der Waals surface area contributed by atoms with Crippen LogP contribution in [0.25, 0.3) is 0 Å². The second kappa shape index (κ2) is 17.4. The Hall–Kier alpha value is -3.50. The average Bonchev–Trinajstić information content (AvgIpc) is 3.83. The number of aromatic nitrogens is 4. The Morgan fingerprint density at radius 3 is 1.78 bits per heavy atom. The molecular formula is C36H46N4O4S2. The van der Waals surface area contributed by atoms with E-state index in [4.69, 9.17) is 33.9 Å². The number of nitrogens with one attached hydrogen (secondary N) is 4. The van der Waals surface area contributed by atoms with Crippen LogP contribution in [0.5, 0.6) is 0 Å². The van der Waals surface area contributed by atoms with E-state index in [-0.39, 0.29) is 11.9 Å². The number of carbonyl (C=O) groups excluding carboxylic acids is 2. The first kappa shape index (κ1) is 33.9. The fourth-order valence-corrected chi connectivity index (χ4v) is 7.20. The predicted molar refractivity (Wildman–Crippen MR) is 184 cm³/mol. The number of esters is 2. The van der Waals surface area contributed by atoms with Gasteiger partial charge in [0, 0.05) is 30.2 Å². The second-order valence-electron chi connectivity index (χ2n) is 12.9. The van der Waals surface area contributed by atoms with Gasteiger partial charge in [0.15, 0.2) is 9.54 Å². The van der Waals surface area contributed by atoms with Crippen molar-refractivity contribution < 1.29 is 19.1 Å². The van der Waals surface area contributed by atoms with Crippen molar-refractivity contribution >= 4 is 36.4 Å². The van der Waals surface area contributed by atoms with Crippen molar-refractivity contribution in [3.05, 3.63) is 92.5 Å². The third-order valence-corrected chi connectivity index (χ3v) is 9.62. The van der Waals surface area contributed by atoms with Crippen LogP contribution in [0, 0.1) is 27.3 Å². The third-order valence-electron chi connectivity index (χ3n) is 9.18. The highest BCUT2D eigenvalue weighted by Crippen LogP contribution is 2.30. The standard InChI is InChI=1S/C18H26N2O2S.C18H20N2O2S/c21-17(10-13-4-1-2-5-13)22-12-15-7-3-6-14(8-15)9-16-11-19-18(23)20-16;21-17(15-7-2-1-3-8-15)22-12-14-6-4-5-13(9-14)10-16-11-19-18(23)20-16/h7,11,13-14H,1-6,8-10,12H2,(H2,19,20,23);1-3,6-8,11,13H,4-5,9-10,12H2,(H2,19,20,23). The van der Waals surface area contributed by atoms with Crippen LogP contribution in [0.4, 0.5) is 0 Å². The number of H-pyrrole nitrogens is 4. The number of carbonyl (C=O) groups is 2. The van der Waals surface area contributed by atoms with Gasteiger partial charge in [0.25, 0.3) is 0 Å². The molecule has 1 aromatic carbocycles. The molecule has 0 aliphatic heterocycles. The fraction of sp³-hybridized carbons (Fsp3) is 0.500. The number of hydrogen-bond acceptors (Lipinski definition) is 6. The van der Waals surface area contributed by atoms with Crippen molar-refractivity contribution in [3.8, 4) is 0 Å². The van der Waals surface area contributed by atoms with Crippen LogP contribution in [0.15, 0.2) is 66.0 Å². The lowest BCUT2D eigenvalue weighted by molar-refractivity contribution is -0.143. The number of aromatic amines is 4. The normalized spacial score (nSPS) is 19.8. The van der Waals surface area contributed by atoms with Gasteiger partial charge in [-0.2, -0.15) is 0 Å². The van der Waals surface area contributed by atoms with E-state index in [1.165, 1.54) is 48.9 Å². The van der Waals surface area contributed by atoms with Gasteiger partial charge in [-0.3, -0.25) is 4.79 Å². The zero-order valence-corrected chi connectivity index (χ0v) is 28.1. The molecule has 246 valence electrons. The summed E-state index contributed by atoms with van der Waals surface area (Å²) in [5.41, 5.74) is 5.39. The van der Waals surface area contributed by atoms with Gasteiger partial charge in [-0.1, -0.05) is 43.2 Å². The maximum absolute atomic E-state index is 12.0. The van der Waals surface area contributed by atoms with Crippen molar-refractivity contribution in [1.82, 2.24) is 19.9 Å². The summed E-state index contributed by atoms with van der Waals surface area (Å²) in [4.78, 5) is 36.3. The molecule has 0 radical (unpaired) electrons. The maximum Gasteiger partial charge on any atom is 0.338 e. The van der Waals surface area contributed by atoms with E-state index >= 15 is 0 Å². The molecule has 1 fully saturated rings. The van der Waals surface area contributed by atoms with Gasteiger partial charge in [-0.15, -0.1) is 0 Å². The molecule has 2 heterocycles. The SMILES string of the molecule is O=C(CC1CCCC1)OCC1=CCCC(Cc2c[nH]c(=S)[nH]2)C1.O=C(OCC1=CCCC(Cc2c[nH]c(=S)[nH]2)C1)c1ccccc1. The molecule has 2 aromatic heterocycles. The van der Waals surface area contributed by atoms with E-state index in [1.807, 2.05) is 30.6 Å². The molecule has 0 bridgehead atoms. The minimum absolute atomic E-state index is 0.0189. The van der Waals surface area contributed by atoms with E-state index in [0.29, 0.717) is 52.5 Å². The first-order valence-electron chi connectivity index (χ1n) is 16.7. The van der Waals surface area contributed by atoms with Crippen LogP contribution in [-0.4, -0.2) is 45.1 Å². The molecule has 8 nitrogen and oxygen atoms in total. The fourth-order valence-electron chi connectivity index (χ4n) is 6.82. The molecule has 3 aliphatic carbocycles. The Balaban J connectivity index is 0.000000181. The smallest absolute Gasteiger partial charge is 0.338 e. The zero-order chi connectivity index (χ0) is 32.1. The third kappa shape index (κ3) is 11.1. The summed E-state index contributed by atoms with van der Waals surface area (Å²) in [5.74, 6) is 1.45. The Morgan fingerprint density at radius 1 is 0.717 bits per heavy atom. The van der Waals surface area contributed by atoms with Crippen LogP contribution in [0.2, 0.25) is 0 Å². The minimum Gasteiger partial charge on any atom is -0.461 e. The number of imidazole rings is 2. The summed E-state index contributed by atoms with van der Waals surface area (Å²) in [6.07, 6.45) is 22.3. The molecule has 2 unspecified atom stereocenters. The van der Waals surface area contributed by atoms with Crippen molar-refractivity contribution in [2.45, 2.75) is 83.5 Å². The second-order valence-corrected chi connectivity index (χ2v) is 13.7. The topological polar surface area (TPSA) is 116 Å². The van der Waals surface area contributed by atoms with Crippen LogP contribution in [-0.2, 0) is 27.1 Å². The highest BCUT2D eigenvalue weighted by Gasteiger charge is 2.21. The highest BCUT2D eigenvalue weighted by atomic mass is 32.1. The highest BCUT2D eigenvalue weighted by molar-refractivity contribution is 7.71. The molecule has 46 heavy (non-hydrogen) atoms. The molecule has 3 aromatic rings. The lowest BCUT2D eigenvalue weighted by atomic mass is 9.86. The number of allylic oxidation sites excluding steroid dienone is 2. The summed E-state index contributed by atoms with van der Waals surface area (Å²) < 4.78 is 12.3. The number of hydrogen-bond donors (Lipinski definition) is 4. The Labute approximate surface area is 281 Å². The Bertz CT molecular complexity index is 1590. The summed E-state index contributed by atoms with van der Waals surface area (Å²) in [5, 5.41) is 0. The molecule has 0 amide bonds. The average molecular weight is 663 g/mol. The lowest BCUT2D eigenvalue weighted by Crippen LogP contribution is -2.16. The van der Waals surface area contributed by atoms with Gasteiger partial charge in [-0.25, -0.2) is 4.79 Å². The lowest BCUT2D eigenvalue weighted by Gasteiger charge is -2.22. The molecule has 6 rings (SSSR count). The van der Waals surface area contributed by atoms with E-state index in [2.05, 4.69) is 32.1 Å². The summed E-state index contributed by atoms with van der Waals surface area (Å²) in [6.45, 7) is 0.860. The van der Waals surface area contributed by atoms with Crippen LogP contribution in [0.3, 0.4) is 0 Å². The van der Waals surface area contributed by atoms with Gasteiger partial charge >= 0.3 is 11.9 Å². The van der Waals surface area contributed by atoms with Crippen molar-refractivity contribution in [2.75, 3.05) is 13.2 Å². The first-order chi connectivity index (χ1) is 22.4. The largest absolute Gasteiger partial charge is 0.461 e. The monoisotopic (exact) mass is 662 g/mol. The Kier molecular flexibility index (Phi) is 12.8. The molecule has 3 aliphatic rings. The molecule has 0 spiro atoms. The van der Waals surface area contributed by atoms with Gasteiger partial charge < -0.3 is 29.4 Å². The van der Waals surface area contributed by atoms with Gasteiger partial charge in [-0.05, 0) is 130 Å². The van der Waals surface area contributed by atoms with Crippen molar-refractivity contribution in [2.24, 2.45) is 17.8 Å². The first-order valence-corrected chi connectivity index (χ1v) is 17.5. The van der Waals surface area contributed by atoms with Crippen molar-refractivity contribution in [3.63, 3.8) is 0 Å². The van der Waals surface area contributed by atoms with Crippen molar-refractivity contribution in [1.29, 1.82) is 0 Å². The predicted octanol–water partition coefficient (Wildman–Crippen LogP) is 8.66. The van der Waals surface area contributed by atoms with Crippen LogP contribution >= 0.6 is 24.4 Å². The van der Waals surface area contributed by atoms with E-state index in [0.717, 1.165) is 50.6 Å². The molecule has 4 N–H and O–H groups in total. The quantitative estimate of drug-likeness (QED) is 0.0928. The molecule has 0 saturated heterocycles. The molecule has 1 saturated carbocycles. The van der Waals surface area contributed by atoms with E-state index < -0.39 is 0 Å². The van der Waals surface area contributed by atoms with E-state index in [9.17, 15) is 9.59 Å². The van der Waals surface area contributed by atoms with Crippen LogP contribution in [0.1, 0.15) is 92.4 Å². The Morgan fingerprint density at radius 2 is 1.26 bits per heavy atom. The van der Waals surface area contributed by atoms with Crippen LogP contribution < -0.4 is 0 Å². The summed E-state index contributed by atoms with van der Waals surface area (Å²) in [7, 11) is 0. The molecule has 10 heteroatoms. The summed E-state index contributed by atoms with van der Waals surface area (Å²) in [6, 6.07) is 9.11. The number of ether oxygens (including phenoxy) is 2. The number of rotatable bonds is 11. The molecular weight excluding hydrogens is 617 g/mol. The zero-order valence-electron chi connectivity index (χ0n) is 26.5. The maximum atomic E-state index is 12.0. The van der Waals surface area contributed by atoms with Gasteiger partial charge in [0.2, 0.25) is 0 Å². The minimum atomic E-state index is -0.261. The van der Waals surface area contributed by atoms with Gasteiger partial charge in [0.1, 0.15) is 13.2 Å². The van der Waals surface area contributed by atoms with Gasteiger partial charge in [0.05, 0.1) is 5.56 Å². The summed E-state index contributed by atoms with van der Waals surface area (Å²) >= 11 is 10.1. The molecule has 2 atom stereocenters. The number of benzene rings is 1.